The number of hydrogen-bond acceptors (Lipinski definition) is 2. The molecule has 0 radical (unpaired) electrons. The van der Waals surface area contributed by atoms with Crippen LogP contribution < -0.4 is 9.16 Å². The van der Waals surface area contributed by atoms with Gasteiger partial charge < -0.3 is 9.16 Å². The third-order valence-electron chi connectivity index (χ3n) is 8.97. The SMILES string of the molecule is CC(C)(C)[Si](C)(C)Oc1ccc(C(c2ccc(OCc3ccccc3)cc2)c2cc3ccccc3c3ccccc23)cc1. The molecule has 0 N–H and O–H groups in total. The Morgan fingerprint density at radius 1 is 0.581 bits per heavy atom. The maximum atomic E-state index is 6.64. The van der Waals surface area contributed by atoms with Gasteiger partial charge in [0.1, 0.15) is 18.1 Å². The van der Waals surface area contributed by atoms with Gasteiger partial charge in [0.2, 0.25) is 8.32 Å². The largest absolute Gasteiger partial charge is 0.544 e. The Morgan fingerprint density at radius 3 is 1.74 bits per heavy atom. The van der Waals surface area contributed by atoms with Gasteiger partial charge in [-0.1, -0.05) is 124 Å². The van der Waals surface area contributed by atoms with Gasteiger partial charge in [-0.05, 0) is 92.3 Å². The smallest absolute Gasteiger partial charge is 0.250 e. The molecular formula is C40H40O2Si. The summed E-state index contributed by atoms with van der Waals surface area (Å²) in [5.74, 6) is 1.86. The molecule has 0 aliphatic heterocycles. The fourth-order valence-corrected chi connectivity index (χ4v) is 6.58. The molecule has 0 saturated heterocycles. The van der Waals surface area contributed by atoms with E-state index in [-0.39, 0.29) is 11.0 Å². The summed E-state index contributed by atoms with van der Waals surface area (Å²) in [5, 5.41) is 5.23. The van der Waals surface area contributed by atoms with Crippen molar-refractivity contribution in [3.63, 3.8) is 0 Å². The Morgan fingerprint density at radius 2 is 1.12 bits per heavy atom. The highest BCUT2D eigenvalue weighted by molar-refractivity contribution is 6.74. The highest BCUT2D eigenvalue weighted by atomic mass is 28.4. The minimum absolute atomic E-state index is 0.0413. The summed E-state index contributed by atoms with van der Waals surface area (Å²) in [6, 6.07) is 47.6. The lowest BCUT2D eigenvalue weighted by Gasteiger charge is -2.36. The molecule has 0 saturated carbocycles. The molecule has 0 fully saturated rings. The van der Waals surface area contributed by atoms with E-state index in [0.717, 1.165) is 17.1 Å². The first-order chi connectivity index (χ1) is 20.7. The summed E-state index contributed by atoms with van der Waals surface area (Å²) in [6.45, 7) is 12.0. The molecule has 216 valence electrons. The standard InChI is InChI=1S/C40H40O2Si/c1-40(2,3)43(4,5)42-34-25-21-31(22-26-34)39(30-19-23-33(24-20-30)41-28-29-13-7-6-8-14-29)38-27-32-15-9-10-16-35(32)36-17-11-12-18-37(36)38/h6-27,39H,28H2,1-5H3. The van der Waals surface area contributed by atoms with Crippen molar-refractivity contribution in [2.24, 2.45) is 0 Å². The number of hydrogen-bond donors (Lipinski definition) is 0. The molecule has 6 aromatic rings. The van der Waals surface area contributed by atoms with Gasteiger partial charge in [0.05, 0.1) is 0 Å². The van der Waals surface area contributed by atoms with Gasteiger partial charge in [-0.3, -0.25) is 0 Å². The van der Waals surface area contributed by atoms with Gasteiger partial charge in [-0.25, -0.2) is 0 Å². The first kappa shape index (κ1) is 28.8. The summed E-state index contributed by atoms with van der Waals surface area (Å²) < 4.78 is 12.8. The third kappa shape index (κ3) is 6.09. The molecule has 0 amide bonds. The zero-order valence-corrected chi connectivity index (χ0v) is 26.8. The Hall–Kier alpha value is -4.34. The van der Waals surface area contributed by atoms with Crippen molar-refractivity contribution in [2.75, 3.05) is 0 Å². The van der Waals surface area contributed by atoms with Crippen LogP contribution in [0.2, 0.25) is 18.1 Å². The highest BCUT2D eigenvalue weighted by Gasteiger charge is 2.39. The quantitative estimate of drug-likeness (QED) is 0.101. The van der Waals surface area contributed by atoms with Gasteiger partial charge >= 0.3 is 0 Å². The van der Waals surface area contributed by atoms with Crippen LogP contribution in [-0.4, -0.2) is 8.32 Å². The van der Waals surface area contributed by atoms with E-state index in [1.54, 1.807) is 0 Å². The molecular weight excluding hydrogens is 541 g/mol. The molecule has 0 aliphatic rings. The number of fused-ring (bicyclic) bond motifs is 3. The zero-order chi connectivity index (χ0) is 30.0. The van der Waals surface area contributed by atoms with Crippen molar-refractivity contribution in [2.45, 2.75) is 51.4 Å². The van der Waals surface area contributed by atoms with Gasteiger partial charge in [0, 0.05) is 5.92 Å². The van der Waals surface area contributed by atoms with Crippen LogP contribution in [0.4, 0.5) is 0 Å². The normalized spacial score (nSPS) is 12.8. The second-order valence-electron chi connectivity index (χ2n) is 12.9. The summed E-state index contributed by atoms with van der Waals surface area (Å²) in [4.78, 5) is 0. The van der Waals surface area contributed by atoms with Gasteiger partial charge in [-0.2, -0.15) is 0 Å². The van der Waals surface area contributed by atoms with Gasteiger partial charge in [0.15, 0.2) is 0 Å². The van der Waals surface area contributed by atoms with Gasteiger partial charge in [0.25, 0.3) is 0 Å². The Kier molecular flexibility index (Phi) is 7.85. The highest BCUT2D eigenvalue weighted by Crippen LogP contribution is 2.41. The van der Waals surface area contributed by atoms with Crippen molar-refractivity contribution < 1.29 is 9.16 Å². The lowest BCUT2D eigenvalue weighted by atomic mass is 9.81. The molecule has 2 nitrogen and oxygen atoms in total. The fraction of sp³-hybridized carbons (Fsp3) is 0.200. The Bertz CT molecular complexity index is 1830. The number of ether oxygens (including phenoxy) is 1. The van der Waals surface area contributed by atoms with Crippen molar-refractivity contribution in [3.05, 3.63) is 156 Å². The van der Waals surface area contributed by atoms with Crippen molar-refractivity contribution in [1.82, 2.24) is 0 Å². The predicted molar refractivity (Wildman–Crippen MR) is 184 cm³/mol. The lowest BCUT2D eigenvalue weighted by Crippen LogP contribution is -2.43. The zero-order valence-electron chi connectivity index (χ0n) is 25.8. The van der Waals surface area contributed by atoms with Crippen LogP contribution in [0.3, 0.4) is 0 Å². The average molecular weight is 581 g/mol. The van der Waals surface area contributed by atoms with Crippen LogP contribution in [0.25, 0.3) is 21.5 Å². The van der Waals surface area contributed by atoms with E-state index in [9.17, 15) is 0 Å². The van der Waals surface area contributed by atoms with E-state index in [1.807, 2.05) is 18.2 Å². The minimum atomic E-state index is -1.94. The summed E-state index contributed by atoms with van der Waals surface area (Å²) in [5.41, 5.74) is 4.92. The van der Waals surface area contributed by atoms with Crippen molar-refractivity contribution >= 4 is 29.9 Å². The molecule has 0 aliphatic carbocycles. The average Bonchev–Trinajstić information content (AvgIpc) is 3.01. The number of benzene rings is 6. The second-order valence-corrected chi connectivity index (χ2v) is 17.7. The Labute approximate surface area is 257 Å². The van der Waals surface area contributed by atoms with Crippen LogP contribution in [0.15, 0.2) is 133 Å². The topological polar surface area (TPSA) is 18.5 Å². The second kappa shape index (κ2) is 11.7. The van der Waals surface area contributed by atoms with E-state index in [1.165, 1.54) is 38.2 Å². The summed E-state index contributed by atoms with van der Waals surface area (Å²) >= 11 is 0. The van der Waals surface area contributed by atoms with E-state index >= 15 is 0 Å². The van der Waals surface area contributed by atoms with Gasteiger partial charge in [-0.15, -0.1) is 0 Å². The maximum Gasteiger partial charge on any atom is 0.250 e. The summed E-state index contributed by atoms with van der Waals surface area (Å²) in [7, 11) is -1.94. The first-order valence-corrected chi connectivity index (χ1v) is 18.1. The van der Waals surface area contributed by atoms with E-state index in [2.05, 4.69) is 149 Å². The molecule has 0 spiro atoms. The fourth-order valence-electron chi connectivity index (χ4n) is 5.55. The van der Waals surface area contributed by atoms with Crippen LogP contribution in [0.5, 0.6) is 11.5 Å². The molecule has 6 aromatic carbocycles. The lowest BCUT2D eigenvalue weighted by molar-refractivity contribution is 0.306. The Balaban J connectivity index is 1.42. The monoisotopic (exact) mass is 580 g/mol. The molecule has 0 heterocycles. The molecule has 3 heteroatoms. The molecule has 1 atom stereocenters. The predicted octanol–water partition coefficient (Wildman–Crippen LogP) is 11.1. The van der Waals surface area contributed by atoms with E-state index in [0.29, 0.717) is 6.61 Å². The van der Waals surface area contributed by atoms with E-state index < -0.39 is 8.32 Å². The minimum Gasteiger partial charge on any atom is -0.544 e. The van der Waals surface area contributed by atoms with E-state index in [4.69, 9.17) is 9.16 Å². The van der Waals surface area contributed by atoms with Crippen molar-refractivity contribution in [1.29, 1.82) is 0 Å². The molecule has 1 unspecified atom stereocenters. The molecule has 0 bridgehead atoms. The number of rotatable bonds is 8. The van der Waals surface area contributed by atoms with Crippen LogP contribution in [0.1, 0.15) is 48.9 Å². The molecule has 0 aromatic heterocycles. The van der Waals surface area contributed by atoms with Crippen LogP contribution in [-0.2, 0) is 6.61 Å². The van der Waals surface area contributed by atoms with Crippen LogP contribution >= 0.6 is 0 Å². The summed E-state index contributed by atoms with van der Waals surface area (Å²) in [6.07, 6.45) is 0. The van der Waals surface area contributed by atoms with Crippen molar-refractivity contribution in [3.8, 4) is 11.5 Å². The third-order valence-corrected chi connectivity index (χ3v) is 13.3. The van der Waals surface area contributed by atoms with Crippen LogP contribution in [0, 0.1) is 0 Å². The maximum absolute atomic E-state index is 6.64. The first-order valence-electron chi connectivity index (χ1n) is 15.2. The molecule has 43 heavy (non-hydrogen) atoms. The molecule has 6 rings (SSSR count).